The van der Waals surface area contributed by atoms with E-state index in [9.17, 15) is 0 Å². The van der Waals surface area contributed by atoms with Crippen LogP contribution in [0.5, 0.6) is 0 Å². The molecule has 1 aliphatic rings. The standard InChI is InChI=1S/C19H24N2O/c1-14-12-15(2)18(16(3)13-14)21-11-10-20(19(21)22-4)17-8-6-5-7-9-17/h5-9,12-13,19H,10-11H2,1-4H3. The first kappa shape index (κ1) is 14.9. The van der Waals surface area contributed by atoms with Gasteiger partial charge < -0.3 is 14.5 Å². The predicted molar refractivity (Wildman–Crippen MR) is 92.6 cm³/mol. The van der Waals surface area contributed by atoms with Gasteiger partial charge in [0.15, 0.2) is 0 Å². The Labute approximate surface area is 133 Å². The Morgan fingerprint density at radius 3 is 2.09 bits per heavy atom. The summed E-state index contributed by atoms with van der Waals surface area (Å²) >= 11 is 0. The molecule has 3 rings (SSSR count). The molecule has 1 unspecified atom stereocenters. The van der Waals surface area contributed by atoms with Crippen LogP contribution in [-0.2, 0) is 4.74 Å². The second-order valence-corrected chi connectivity index (χ2v) is 6.03. The Morgan fingerprint density at radius 1 is 0.909 bits per heavy atom. The van der Waals surface area contributed by atoms with Gasteiger partial charge in [-0.1, -0.05) is 35.9 Å². The summed E-state index contributed by atoms with van der Waals surface area (Å²) in [6.07, 6.45) is -0.0532. The van der Waals surface area contributed by atoms with Crippen LogP contribution in [0.4, 0.5) is 11.4 Å². The minimum Gasteiger partial charge on any atom is -0.344 e. The first-order chi connectivity index (χ1) is 10.6. The van der Waals surface area contributed by atoms with E-state index in [2.05, 4.69) is 67.0 Å². The van der Waals surface area contributed by atoms with Gasteiger partial charge in [-0.3, -0.25) is 0 Å². The molecule has 2 aromatic carbocycles. The van der Waals surface area contributed by atoms with Gasteiger partial charge in [0.2, 0.25) is 6.35 Å². The third-order valence-electron chi connectivity index (χ3n) is 4.34. The molecule has 0 aromatic heterocycles. The summed E-state index contributed by atoms with van der Waals surface area (Å²) in [5, 5.41) is 0. The lowest BCUT2D eigenvalue weighted by molar-refractivity contribution is 0.114. The maximum absolute atomic E-state index is 5.84. The topological polar surface area (TPSA) is 15.7 Å². The first-order valence-electron chi connectivity index (χ1n) is 7.81. The second kappa shape index (κ2) is 6.01. The lowest BCUT2D eigenvalue weighted by Gasteiger charge is -2.33. The van der Waals surface area contributed by atoms with Crippen molar-refractivity contribution in [1.29, 1.82) is 0 Å². The van der Waals surface area contributed by atoms with Crippen molar-refractivity contribution < 1.29 is 4.74 Å². The number of rotatable bonds is 3. The molecule has 0 N–H and O–H groups in total. The average molecular weight is 296 g/mol. The van der Waals surface area contributed by atoms with E-state index in [4.69, 9.17) is 4.74 Å². The highest BCUT2D eigenvalue weighted by atomic mass is 16.5. The molecule has 2 aromatic rings. The number of ether oxygens (including phenoxy) is 1. The van der Waals surface area contributed by atoms with Crippen molar-refractivity contribution in [2.24, 2.45) is 0 Å². The zero-order valence-electron chi connectivity index (χ0n) is 13.8. The van der Waals surface area contributed by atoms with Crippen molar-refractivity contribution in [2.75, 3.05) is 30.0 Å². The maximum Gasteiger partial charge on any atom is 0.210 e. The highest BCUT2D eigenvalue weighted by molar-refractivity contribution is 5.64. The smallest absolute Gasteiger partial charge is 0.210 e. The number of benzene rings is 2. The summed E-state index contributed by atoms with van der Waals surface area (Å²) in [5.41, 5.74) is 6.45. The quantitative estimate of drug-likeness (QED) is 0.855. The van der Waals surface area contributed by atoms with Crippen LogP contribution in [0, 0.1) is 20.8 Å². The minimum absolute atomic E-state index is 0.0532. The van der Waals surface area contributed by atoms with Gasteiger partial charge in [-0.05, 0) is 44.0 Å². The van der Waals surface area contributed by atoms with Gasteiger partial charge in [-0.25, -0.2) is 0 Å². The number of anilines is 2. The molecular weight excluding hydrogens is 272 g/mol. The van der Waals surface area contributed by atoms with Crippen LogP contribution in [0.15, 0.2) is 42.5 Å². The van der Waals surface area contributed by atoms with Gasteiger partial charge in [0.25, 0.3) is 0 Å². The van der Waals surface area contributed by atoms with Crippen LogP contribution in [0.2, 0.25) is 0 Å². The summed E-state index contributed by atoms with van der Waals surface area (Å²) in [4.78, 5) is 4.69. The summed E-state index contributed by atoms with van der Waals surface area (Å²) in [6, 6.07) is 15.0. The van der Waals surface area contributed by atoms with Crippen LogP contribution >= 0.6 is 0 Å². The van der Waals surface area contributed by atoms with E-state index in [0.29, 0.717) is 0 Å². The summed E-state index contributed by atoms with van der Waals surface area (Å²) in [5.74, 6) is 0. The zero-order valence-corrected chi connectivity index (χ0v) is 13.8. The van der Waals surface area contributed by atoms with Crippen molar-refractivity contribution in [3.05, 3.63) is 59.2 Å². The van der Waals surface area contributed by atoms with Gasteiger partial charge in [0.05, 0.1) is 0 Å². The maximum atomic E-state index is 5.84. The van der Waals surface area contributed by atoms with Gasteiger partial charge >= 0.3 is 0 Å². The number of hydrogen-bond acceptors (Lipinski definition) is 3. The average Bonchev–Trinajstić information content (AvgIpc) is 2.90. The van der Waals surface area contributed by atoms with Gasteiger partial charge in [-0.15, -0.1) is 0 Å². The number of methoxy groups -OCH3 is 1. The van der Waals surface area contributed by atoms with E-state index in [-0.39, 0.29) is 6.35 Å². The van der Waals surface area contributed by atoms with Crippen LogP contribution < -0.4 is 9.80 Å². The molecule has 22 heavy (non-hydrogen) atoms. The van der Waals surface area contributed by atoms with E-state index in [1.165, 1.54) is 28.1 Å². The number of para-hydroxylation sites is 1. The first-order valence-corrected chi connectivity index (χ1v) is 7.81. The zero-order chi connectivity index (χ0) is 15.7. The molecular formula is C19H24N2O. The third kappa shape index (κ3) is 2.57. The molecule has 0 aliphatic carbocycles. The fourth-order valence-electron chi connectivity index (χ4n) is 3.58. The van der Waals surface area contributed by atoms with Crippen molar-refractivity contribution in [3.63, 3.8) is 0 Å². The Bertz CT molecular complexity index is 631. The van der Waals surface area contributed by atoms with E-state index < -0.39 is 0 Å². The molecule has 0 saturated carbocycles. The minimum atomic E-state index is -0.0532. The summed E-state index contributed by atoms with van der Waals surface area (Å²) < 4.78 is 5.84. The second-order valence-electron chi connectivity index (χ2n) is 6.03. The molecule has 1 fully saturated rings. The van der Waals surface area contributed by atoms with Crippen LogP contribution in [0.1, 0.15) is 16.7 Å². The Balaban J connectivity index is 1.96. The van der Waals surface area contributed by atoms with Crippen molar-refractivity contribution in [1.82, 2.24) is 0 Å². The van der Waals surface area contributed by atoms with Crippen LogP contribution in [-0.4, -0.2) is 26.6 Å². The predicted octanol–water partition coefficient (Wildman–Crippen LogP) is 3.87. The van der Waals surface area contributed by atoms with Gasteiger partial charge in [0.1, 0.15) is 0 Å². The van der Waals surface area contributed by atoms with Crippen molar-refractivity contribution in [3.8, 4) is 0 Å². The fraction of sp³-hybridized carbons (Fsp3) is 0.368. The lowest BCUT2D eigenvalue weighted by atomic mass is 10.0. The highest BCUT2D eigenvalue weighted by Gasteiger charge is 2.33. The summed E-state index contributed by atoms with van der Waals surface area (Å²) in [7, 11) is 1.79. The monoisotopic (exact) mass is 296 g/mol. The number of aryl methyl sites for hydroxylation is 3. The van der Waals surface area contributed by atoms with Crippen LogP contribution in [0.25, 0.3) is 0 Å². The van der Waals surface area contributed by atoms with Gasteiger partial charge in [-0.2, -0.15) is 0 Å². The SMILES string of the molecule is COC1N(c2ccccc2)CCN1c1c(C)cc(C)cc1C. The fourth-order valence-corrected chi connectivity index (χ4v) is 3.58. The number of nitrogens with zero attached hydrogens (tertiary/aromatic N) is 2. The molecule has 0 spiro atoms. The molecule has 3 heteroatoms. The molecule has 1 saturated heterocycles. The Kier molecular flexibility index (Phi) is 4.08. The molecule has 1 aliphatic heterocycles. The largest absolute Gasteiger partial charge is 0.344 e. The van der Waals surface area contributed by atoms with E-state index in [1.807, 2.05) is 6.07 Å². The Hall–Kier alpha value is -2.00. The molecule has 0 radical (unpaired) electrons. The molecule has 1 heterocycles. The van der Waals surface area contributed by atoms with Crippen LogP contribution in [0.3, 0.4) is 0 Å². The lowest BCUT2D eigenvalue weighted by Crippen LogP contribution is -2.41. The summed E-state index contributed by atoms with van der Waals surface area (Å²) in [6.45, 7) is 8.46. The highest BCUT2D eigenvalue weighted by Crippen LogP contribution is 2.33. The van der Waals surface area contributed by atoms with E-state index in [1.54, 1.807) is 7.11 Å². The third-order valence-corrected chi connectivity index (χ3v) is 4.34. The number of hydrogen-bond donors (Lipinski definition) is 0. The normalized spacial score (nSPS) is 18.1. The van der Waals surface area contributed by atoms with E-state index >= 15 is 0 Å². The van der Waals surface area contributed by atoms with Gasteiger partial charge in [0, 0.05) is 31.6 Å². The van der Waals surface area contributed by atoms with E-state index in [0.717, 1.165) is 13.1 Å². The molecule has 0 bridgehead atoms. The molecule has 1 atom stereocenters. The van der Waals surface area contributed by atoms with Crippen molar-refractivity contribution >= 4 is 11.4 Å². The molecule has 0 amide bonds. The molecule has 3 nitrogen and oxygen atoms in total. The Morgan fingerprint density at radius 2 is 1.50 bits per heavy atom. The van der Waals surface area contributed by atoms with Crippen molar-refractivity contribution in [2.45, 2.75) is 27.1 Å². The molecule has 116 valence electrons.